The first-order valence-electron chi connectivity index (χ1n) is 5.21. The molecular weight excluding hydrogens is 1070 g/mol. The summed E-state index contributed by atoms with van der Waals surface area (Å²) in [5.74, 6) is 1.44. The van der Waals surface area contributed by atoms with Crippen LogP contribution in [0.25, 0.3) is 4.85 Å². The molecule has 0 unspecified atom stereocenters. The van der Waals surface area contributed by atoms with Crippen molar-refractivity contribution in [3.63, 3.8) is 0 Å². The molecule has 0 bridgehead atoms. The molecule has 21 heavy (non-hydrogen) atoms. The third-order valence-electron chi connectivity index (χ3n) is 2.08. The number of benzene rings is 1. The molecule has 0 aromatic heterocycles. The molecule has 0 aliphatic rings. The molecule has 0 aliphatic carbocycles. The van der Waals surface area contributed by atoms with Gasteiger partial charge in [0.25, 0.3) is 0 Å². The quantitative estimate of drug-likeness (QED) is 0.311. The van der Waals surface area contributed by atoms with Crippen molar-refractivity contribution in [3.05, 3.63) is 35.2 Å². The standard InChI is InChI=1S/C11H13NO2.I7/c1-12-7-6-9-4-5-10(13-2)11(8-9)14-3;1-5-7(4)6(2)3/h4-5,8H,6-7H2,2-3H3;/q;-1. The maximum absolute atomic E-state index is 6.70. The van der Waals surface area contributed by atoms with E-state index in [2.05, 4.69) is 79.3 Å². The Morgan fingerprint density at radius 2 is 1.81 bits per heavy atom. The van der Waals surface area contributed by atoms with Gasteiger partial charge in [0, 0.05) is 6.42 Å². The summed E-state index contributed by atoms with van der Waals surface area (Å²) in [4.78, 5) is 3.31. The van der Waals surface area contributed by atoms with Crippen LogP contribution in [0.3, 0.4) is 0 Å². The van der Waals surface area contributed by atoms with Crippen molar-refractivity contribution in [1.82, 2.24) is 0 Å². The predicted molar refractivity (Wildman–Crippen MR) is 139 cm³/mol. The zero-order valence-corrected chi connectivity index (χ0v) is 26.2. The van der Waals surface area contributed by atoms with E-state index in [0.29, 0.717) is 19.8 Å². The third kappa shape index (κ3) is 11.6. The Morgan fingerprint density at radius 3 is 2.19 bits per heavy atom. The molecule has 3 nitrogen and oxygen atoms in total. The van der Waals surface area contributed by atoms with E-state index in [-0.39, 0.29) is 15.8 Å². The summed E-state index contributed by atoms with van der Waals surface area (Å²) in [7, 11) is 2.72. The second kappa shape index (κ2) is 15.7. The molecule has 0 amide bonds. The number of halogens is 7. The molecule has 0 atom stereocenters. The second-order valence-electron chi connectivity index (χ2n) is 3.20. The Labute approximate surface area is 182 Å². The molecule has 0 aliphatic heterocycles. The van der Waals surface area contributed by atoms with Gasteiger partial charge in [-0.3, -0.25) is 0 Å². The molecule has 1 aromatic rings. The second-order valence-corrected chi connectivity index (χ2v) is 117. The van der Waals surface area contributed by atoms with Gasteiger partial charge in [-0.2, -0.15) is 0 Å². The Hall–Kier alpha value is 3.42. The minimum Gasteiger partial charge on any atom is -0.493 e. The fourth-order valence-electron chi connectivity index (χ4n) is 1.24. The molecule has 124 valence electrons. The van der Waals surface area contributed by atoms with E-state index in [1.165, 1.54) is 0 Å². The van der Waals surface area contributed by atoms with Crippen molar-refractivity contribution in [2.75, 3.05) is 20.8 Å². The fraction of sp³-hybridized carbons (Fsp3) is 0.364. The van der Waals surface area contributed by atoms with E-state index in [1.807, 2.05) is 18.2 Å². The van der Waals surface area contributed by atoms with Gasteiger partial charge in [-0.25, -0.2) is 6.57 Å². The van der Waals surface area contributed by atoms with Crippen LogP contribution in [0.1, 0.15) is 5.56 Å². The van der Waals surface area contributed by atoms with E-state index >= 15 is 0 Å². The van der Waals surface area contributed by atoms with Gasteiger partial charge in [0.1, 0.15) is 0 Å². The van der Waals surface area contributed by atoms with E-state index in [4.69, 9.17) is 16.0 Å². The van der Waals surface area contributed by atoms with Crippen LogP contribution in [0.4, 0.5) is 0 Å². The van der Waals surface area contributed by atoms with Crippen LogP contribution in [0.5, 0.6) is 11.5 Å². The minimum atomic E-state index is -0.285. The first-order chi connectivity index (χ1) is 9.99. The van der Waals surface area contributed by atoms with Crippen molar-refractivity contribution >= 4 is 90.3 Å². The van der Waals surface area contributed by atoms with E-state index in [1.54, 1.807) is 14.2 Å². The van der Waals surface area contributed by atoms with Gasteiger partial charge in [-0.05, 0) is 17.7 Å². The van der Waals surface area contributed by atoms with Gasteiger partial charge in [0.15, 0.2) is 11.5 Å². The summed E-state index contributed by atoms with van der Waals surface area (Å²) in [6.07, 6.45) is 0.754. The van der Waals surface area contributed by atoms with Crippen LogP contribution >= 0.6 is 90.3 Å². The van der Waals surface area contributed by atoms with Gasteiger partial charge < -0.3 is 14.3 Å². The Balaban J connectivity index is 0.000000486. The predicted octanol–water partition coefficient (Wildman–Crippen LogP) is 4.48. The molecule has 0 radical (unpaired) electrons. The number of nitrogens with zero attached hydrogens (tertiary/aromatic N) is 1. The van der Waals surface area contributed by atoms with Crippen molar-refractivity contribution < 1.29 is 22.7 Å². The average Bonchev–Trinajstić information content (AvgIpc) is 2.52. The van der Waals surface area contributed by atoms with E-state index < -0.39 is 0 Å². The SMILES string of the molecule is I[I-]I(I)I(I)I.[C-]#[N+]CCc1ccc(OC)c(OC)c1. The summed E-state index contributed by atoms with van der Waals surface area (Å²) in [6, 6.07) is 5.72. The molecule has 1 rings (SSSR count). The molecule has 0 saturated heterocycles. The normalized spacial score (nSPS) is 10.9. The van der Waals surface area contributed by atoms with Crippen LogP contribution in [0, 0.1) is 6.57 Å². The maximum Gasteiger partial charge on any atom is 0.218 e. The Morgan fingerprint density at radius 1 is 1.19 bits per heavy atom. The summed E-state index contributed by atoms with van der Waals surface area (Å²) >= 11 is 11.4. The Bertz CT molecular complexity index is 453. The van der Waals surface area contributed by atoms with Gasteiger partial charge >= 0.3 is 104 Å². The Kier molecular flexibility index (Phi) is 18.2. The topological polar surface area (TPSA) is 22.8 Å². The molecule has 10 heteroatoms. The first-order valence-corrected chi connectivity index (χ1v) is 42.9. The molecule has 0 N–H and O–H groups in total. The van der Waals surface area contributed by atoms with Crippen LogP contribution in [0.15, 0.2) is 18.2 Å². The van der Waals surface area contributed by atoms with Gasteiger partial charge in [0.2, 0.25) is 6.54 Å². The number of ether oxygens (including phenoxy) is 2. The average molecular weight is 1080 g/mol. The largest absolute Gasteiger partial charge is 0.493 e. The molecule has 0 fully saturated rings. The van der Waals surface area contributed by atoms with Crippen LogP contribution in [-0.2, 0) is 6.42 Å². The first kappa shape index (κ1) is 24.4. The van der Waals surface area contributed by atoms with Crippen LogP contribution in [-0.4, -0.2) is 20.8 Å². The zero-order valence-electron chi connectivity index (χ0n) is 11.1. The number of methoxy groups -OCH3 is 2. The number of hydrogen-bond acceptors (Lipinski definition) is 2. The third-order valence-corrected chi connectivity index (χ3v) is 250. The summed E-state index contributed by atoms with van der Waals surface area (Å²) in [5.41, 5.74) is 1.10. The van der Waals surface area contributed by atoms with Crippen LogP contribution < -0.4 is 22.7 Å². The van der Waals surface area contributed by atoms with E-state index in [9.17, 15) is 0 Å². The summed E-state index contributed by atoms with van der Waals surface area (Å²) in [6.45, 7) is 7.21. The van der Waals surface area contributed by atoms with Crippen LogP contribution in [0.2, 0.25) is 0 Å². The van der Waals surface area contributed by atoms with Crippen molar-refractivity contribution in [3.8, 4) is 11.5 Å². The van der Waals surface area contributed by atoms with Gasteiger partial charge in [0.05, 0.1) is 14.2 Å². The molecule has 0 spiro atoms. The van der Waals surface area contributed by atoms with Gasteiger partial charge in [-0.15, -0.1) is 0 Å². The smallest absolute Gasteiger partial charge is 0.218 e. The maximum atomic E-state index is 6.70. The molecule has 1 aromatic carbocycles. The molecule has 0 saturated carbocycles. The summed E-state index contributed by atoms with van der Waals surface area (Å²) in [5, 5.41) is 0. The number of hydrogen-bond donors (Lipinski definition) is 0. The zero-order chi connectivity index (χ0) is 16.3. The van der Waals surface area contributed by atoms with Crippen molar-refractivity contribution in [2.45, 2.75) is 6.42 Å². The van der Waals surface area contributed by atoms with Crippen molar-refractivity contribution in [1.29, 1.82) is 0 Å². The van der Waals surface area contributed by atoms with Crippen molar-refractivity contribution in [2.24, 2.45) is 0 Å². The van der Waals surface area contributed by atoms with Gasteiger partial charge in [-0.1, -0.05) is 6.07 Å². The molecular formula is C11H13I7NO2-. The van der Waals surface area contributed by atoms with E-state index in [0.717, 1.165) is 23.5 Å². The molecule has 0 heterocycles. The minimum absolute atomic E-state index is 0.206. The summed E-state index contributed by atoms with van der Waals surface area (Å²) < 4.78 is 10.3. The monoisotopic (exact) mass is 1080 g/mol. The number of rotatable bonds is 6. The fourth-order valence-corrected chi connectivity index (χ4v) is 211.